The quantitative estimate of drug-likeness (QED) is 0.283. The van der Waals surface area contributed by atoms with Crippen LogP contribution in [-0.2, 0) is 6.54 Å². The Morgan fingerprint density at radius 1 is 0.583 bits per heavy atom. The summed E-state index contributed by atoms with van der Waals surface area (Å²) in [7, 11) is 0. The van der Waals surface area contributed by atoms with Crippen LogP contribution in [0.25, 0.3) is 11.3 Å². The highest BCUT2D eigenvalue weighted by Crippen LogP contribution is 2.46. The van der Waals surface area contributed by atoms with Gasteiger partial charge >= 0.3 is 0 Å². The summed E-state index contributed by atoms with van der Waals surface area (Å²) >= 11 is 0. The molecule has 0 amide bonds. The fourth-order valence-electron chi connectivity index (χ4n) is 5.29. The van der Waals surface area contributed by atoms with Gasteiger partial charge in [-0.05, 0) is 28.8 Å². The van der Waals surface area contributed by atoms with Crippen LogP contribution in [0.3, 0.4) is 0 Å². The summed E-state index contributed by atoms with van der Waals surface area (Å²) in [6.45, 7) is 0.818. The molecule has 36 heavy (non-hydrogen) atoms. The maximum atomic E-state index is 5.17. The van der Waals surface area contributed by atoms with Crippen LogP contribution in [0.2, 0.25) is 0 Å². The fourth-order valence-corrected chi connectivity index (χ4v) is 5.29. The van der Waals surface area contributed by atoms with Gasteiger partial charge in [0.2, 0.25) is 0 Å². The fraction of sp³-hybridized carbons (Fsp3) is 0.121. The zero-order chi connectivity index (χ0) is 24.2. The highest BCUT2D eigenvalue weighted by molar-refractivity contribution is 5.59. The van der Waals surface area contributed by atoms with Gasteiger partial charge in [0.15, 0.2) is 0 Å². The largest absolute Gasteiger partial charge is 0.288 e. The topological polar surface area (TPSA) is 28.2 Å². The summed E-state index contributed by atoms with van der Waals surface area (Å²) in [4.78, 5) is 7.74. The summed E-state index contributed by atoms with van der Waals surface area (Å²) < 4.78 is 0. The number of nitrogens with one attached hydrogen (secondary N) is 1. The Bertz CT molecular complexity index is 1390. The molecule has 5 aromatic rings. The van der Waals surface area contributed by atoms with Gasteiger partial charge in [-0.1, -0.05) is 127 Å². The van der Waals surface area contributed by atoms with E-state index in [0.717, 1.165) is 23.5 Å². The third-order valence-electron chi connectivity index (χ3n) is 6.97. The van der Waals surface area contributed by atoms with E-state index in [1.54, 1.807) is 0 Å². The van der Waals surface area contributed by atoms with Crippen LogP contribution in [-0.4, -0.2) is 9.88 Å². The van der Waals surface area contributed by atoms with E-state index in [-0.39, 0.29) is 18.2 Å². The summed E-state index contributed by atoms with van der Waals surface area (Å²) in [5, 5.41) is 3.98. The first-order valence-corrected chi connectivity index (χ1v) is 12.5. The van der Waals surface area contributed by atoms with Gasteiger partial charge in [0.1, 0.15) is 6.17 Å². The van der Waals surface area contributed by atoms with Crippen LogP contribution in [0.5, 0.6) is 0 Å². The first kappa shape index (κ1) is 22.4. The lowest BCUT2D eigenvalue weighted by atomic mass is 9.93. The van der Waals surface area contributed by atoms with Crippen LogP contribution in [0.1, 0.15) is 40.6 Å². The normalized spacial score (nSPS) is 19.8. The van der Waals surface area contributed by atoms with E-state index in [9.17, 15) is 0 Å². The van der Waals surface area contributed by atoms with Crippen molar-refractivity contribution in [2.24, 2.45) is 0 Å². The number of rotatable bonds is 6. The van der Waals surface area contributed by atoms with Crippen LogP contribution < -0.4 is 5.32 Å². The van der Waals surface area contributed by atoms with Crippen LogP contribution in [0.15, 0.2) is 140 Å². The van der Waals surface area contributed by atoms with Gasteiger partial charge in [0, 0.05) is 12.1 Å². The number of nitrogens with zero attached hydrogens (tertiary/aromatic N) is 2. The van der Waals surface area contributed by atoms with E-state index in [1.807, 2.05) is 6.07 Å². The first-order chi connectivity index (χ1) is 17.9. The summed E-state index contributed by atoms with van der Waals surface area (Å²) in [5.74, 6) is 0. The molecule has 1 aliphatic rings. The molecule has 3 atom stereocenters. The molecule has 4 aromatic carbocycles. The second kappa shape index (κ2) is 10.3. The Kier molecular flexibility index (Phi) is 6.41. The zero-order valence-corrected chi connectivity index (χ0v) is 20.1. The standard InChI is InChI=1S/C33H29N3/c1-5-14-25(15-6-1)24-36-32(28-20-11-4-12-21-28)31(27-18-9-3-10-19-27)35-33(36)30-23-13-22-29(34-30)26-16-7-2-8-17-26/h1-23,31-33,35H,24H2/t31-,32-,33+/m1/s1. The van der Waals surface area contributed by atoms with E-state index < -0.39 is 0 Å². The van der Waals surface area contributed by atoms with Crippen molar-refractivity contribution < 1.29 is 0 Å². The third kappa shape index (κ3) is 4.59. The predicted molar refractivity (Wildman–Crippen MR) is 146 cm³/mol. The Balaban J connectivity index is 1.47. The van der Waals surface area contributed by atoms with Crippen LogP contribution in [0.4, 0.5) is 0 Å². The van der Waals surface area contributed by atoms with Crippen molar-refractivity contribution in [3.05, 3.63) is 162 Å². The van der Waals surface area contributed by atoms with Crippen molar-refractivity contribution in [3.8, 4) is 11.3 Å². The highest BCUT2D eigenvalue weighted by atomic mass is 15.4. The molecule has 0 bridgehead atoms. The Morgan fingerprint density at radius 2 is 1.17 bits per heavy atom. The SMILES string of the molecule is c1ccc(CN2[C@@H](c3cccc(-c4ccccc4)n3)N[C@H](c3ccccc3)[C@H]2c2ccccc2)cc1. The van der Waals surface area contributed by atoms with Gasteiger partial charge in [0.25, 0.3) is 0 Å². The first-order valence-electron chi connectivity index (χ1n) is 12.5. The van der Waals surface area contributed by atoms with Gasteiger partial charge in [0.05, 0.1) is 23.5 Å². The van der Waals surface area contributed by atoms with Crippen LogP contribution >= 0.6 is 0 Å². The van der Waals surface area contributed by atoms with Gasteiger partial charge in [-0.15, -0.1) is 0 Å². The molecule has 1 N–H and O–H groups in total. The number of hydrogen-bond donors (Lipinski definition) is 1. The molecule has 1 fully saturated rings. The number of pyridine rings is 1. The summed E-state index contributed by atoms with van der Waals surface area (Å²) in [5.41, 5.74) is 7.03. The number of hydrogen-bond acceptors (Lipinski definition) is 3. The van der Waals surface area contributed by atoms with E-state index in [2.05, 4.69) is 144 Å². The molecule has 0 aliphatic carbocycles. The summed E-state index contributed by atoms with van der Waals surface area (Å²) in [6, 6.07) is 49.5. The minimum atomic E-state index is -0.0377. The molecule has 0 saturated carbocycles. The molecule has 3 nitrogen and oxygen atoms in total. The predicted octanol–water partition coefficient (Wildman–Crippen LogP) is 7.34. The minimum absolute atomic E-state index is 0.0377. The third-order valence-corrected chi connectivity index (χ3v) is 6.97. The van der Waals surface area contributed by atoms with Crippen molar-refractivity contribution in [1.82, 2.24) is 15.2 Å². The second-order valence-electron chi connectivity index (χ2n) is 9.28. The van der Waals surface area contributed by atoms with E-state index in [0.29, 0.717) is 0 Å². The Labute approximate surface area is 213 Å². The maximum Gasteiger partial charge on any atom is 0.105 e. The molecule has 6 rings (SSSR count). The highest BCUT2D eigenvalue weighted by Gasteiger charge is 2.43. The second-order valence-corrected chi connectivity index (χ2v) is 9.28. The lowest BCUT2D eigenvalue weighted by molar-refractivity contribution is 0.173. The van der Waals surface area contributed by atoms with Gasteiger partial charge in [-0.2, -0.15) is 0 Å². The minimum Gasteiger partial charge on any atom is -0.288 e. The van der Waals surface area contributed by atoms with E-state index in [1.165, 1.54) is 16.7 Å². The lowest BCUT2D eigenvalue weighted by Gasteiger charge is -2.31. The number of aromatic nitrogens is 1. The molecule has 0 spiro atoms. The lowest BCUT2D eigenvalue weighted by Crippen LogP contribution is -2.29. The van der Waals surface area contributed by atoms with Crippen molar-refractivity contribution in [2.75, 3.05) is 0 Å². The summed E-state index contributed by atoms with van der Waals surface area (Å²) in [6.07, 6.45) is -0.0377. The molecule has 176 valence electrons. The molecule has 0 radical (unpaired) electrons. The van der Waals surface area contributed by atoms with Gasteiger partial charge in [-0.3, -0.25) is 10.2 Å². The van der Waals surface area contributed by atoms with Crippen molar-refractivity contribution >= 4 is 0 Å². The van der Waals surface area contributed by atoms with E-state index in [4.69, 9.17) is 4.98 Å². The van der Waals surface area contributed by atoms with Gasteiger partial charge in [-0.25, -0.2) is 4.98 Å². The molecule has 2 heterocycles. The molecular weight excluding hydrogens is 438 g/mol. The van der Waals surface area contributed by atoms with Crippen molar-refractivity contribution in [1.29, 1.82) is 0 Å². The smallest absolute Gasteiger partial charge is 0.105 e. The van der Waals surface area contributed by atoms with Crippen LogP contribution in [0, 0.1) is 0 Å². The van der Waals surface area contributed by atoms with Crippen molar-refractivity contribution in [2.45, 2.75) is 24.8 Å². The van der Waals surface area contributed by atoms with E-state index >= 15 is 0 Å². The number of benzene rings is 4. The molecule has 3 heteroatoms. The molecular formula is C33H29N3. The Hall–Kier alpha value is -4.05. The molecule has 1 saturated heterocycles. The average Bonchev–Trinajstić information content (AvgIpc) is 3.34. The van der Waals surface area contributed by atoms with Crippen molar-refractivity contribution in [3.63, 3.8) is 0 Å². The molecule has 1 aromatic heterocycles. The molecule has 1 aliphatic heterocycles. The van der Waals surface area contributed by atoms with Gasteiger partial charge < -0.3 is 0 Å². The zero-order valence-electron chi connectivity index (χ0n) is 20.1. The molecule has 0 unspecified atom stereocenters. The Morgan fingerprint density at radius 3 is 1.83 bits per heavy atom. The average molecular weight is 468 g/mol. The maximum absolute atomic E-state index is 5.17. The monoisotopic (exact) mass is 467 g/mol.